The summed E-state index contributed by atoms with van der Waals surface area (Å²) >= 11 is 0. The van der Waals surface area contributed by atoms with Crippen LogP contribution in [0.3, 0.4) is 0 Å². The van der Waals surface area contributed by atoms with Gasteiger partial charge in [-0.15, -0.1) is 0 Å². The van der Waals surface area contributed by atoms with Gasteiger partial charge in [0.25, 0.3) is 5.91 Å². The van der Waals surface area contributed by atoms with Gasteiger partial charge in [-0.3, -0.25) is 9.78 Å². The van der Waals surface area contributed by atoms with E-state index in [2.05, 4.69) is 15.0 Å². The highest BCUT2D eigenvalue weighted by Crippen LogP contribution is 2.40. The highest BCUT2D eigenvalue weighted by molar-refractivity contribution is 6.04. The Hall–Kier alpha value is -2.81. The Balaban J connectivity index is 1.84. The summed E-state index contributed by atoms with van der Waals surface area (Å²) in [4.78, 5) is 19.7. The third-order valence-corrected chi connectivity index (χ3v) is 6.38. The summed E-state index contributed by atoms with van der Waals surface area (Å²) in [5, 5.41) is 3.05. The number of carbonyl (C=O) groups excluding carboxylic acids is 1. The van der Waals surface area contributed by atoms with Crippen molar-refractivity contribution in [1.29, 1.82) is 0 Å². The van der Waals surface area contributed by atoms with E-state index in [0.29, 0.717) is 53.5 Å². The number of nitrogens with one attached hydrogen (secondary N) is 1. The van der Waals surface area contributed by atoms with Gasteiger partial charge >= 0.3 is 6.61 Å². The summed E-state index contributed by atoms with van der Waals surface area (Å²) in [6.07, 6.45) is 4.39. The van der Waals surface area contributed by atoms with Crippen LogP contribution in [0.15, 0.2) is 24.4 Å². The Labute approximate surface area is 191 Å². The molecule has 178 valence electrons. The van der Waals surface area contributed by atoms with Crippen LogP contribution in [0, 0.1) is 18.7 Å². The molecule has 1 aliphatic heterocycles. The van der Waals surface area contributed by atoms with Gasteiger partial charge in [-0.1, -0.05) is 0 Å². The first-order chi connectivity index (χ1) is 15.5. The van der Waals surface area contributed by atoms with Gasteiger partial charge in [-0.25, -0.2) is 4.39 Å². The number of benzene rings is 1. The number of nitrogens with two attached hydrogens (primary N) is 1. The van der Waals surface area contributed by atoms with Crippen molar-refractivity contribution in [3.63, 3.8) is 0 Å². The zero-order valence-corrected chi connectivity index (χ0v) is 19.0. The molecule has 2 atom stereocenters. The molecule has 6 nitrogen and oxygen atoms in total. The van der Waals surface area contributed by atoms with Crippen LogP contribution in [-0.2, 0) is 0 Å². The van der Waals surface area contributed by atoms with Crippen molar-refractivity contribution in [2.75, 3.05) is 18.0 Å². The van der Waals surface area contributed by atoms with Crippen molar-refractivity contribution in [2.24, 2.45) is 11.7 Å². The number of amides is 1. The maximum atomic E-state index is 14.4. The number of hydrogen-bond acceptors (Lipinski definition) is 5. The molecule has 0 radical (unpaired) electrons. The summed E-state index contributed by atoms with van der Waals surface area (Å²) in [6.45, 7) is 3.65. The topological polar surface area (TPSA) is 80.5 Å². The first-order valence-corrected chi connectivity index (χ1v) is 11.1. The number of nitrogens with zero attached hydrogens (tertiary/aromatic N) is 2. The zero-order chi connectivity index (χ0) is 23.9. The van der Waals surface area contributed by atoms with Crippen LogP contribution in [-0.4, -0.2) is 42.2 Å². The van der Waals surface area contributed by atoms with Crippen molar-refractivity contribution in [3.8, 4) is 16.9 Å². The van der Waals surface area contributed by atoms with E-state index >= 15 is 0 Å². The fourth-order valence-corrected chi connectivity index (χ4v) is 4.49. The summed E-state index contributed by atoms with van der Waals surface area (Å²) < 4.78 is 44.5. The number of ether oxygens (including phenoxy) is 1. The van der Waals surface area contributed by atoms with Crippen LogP contribution in [0.25, 0.3) is 11.1 Å². The summed E-state index contributed by atoms with van der Waals surface area (Å²) in [6, 6.07) is 3.50. The SMILES string of the molecule is Cc1ncc(C(=O)N[C@@H](C)C2CC2)c(N2CC[C@](C)(N)C2)c1-c1cc(F)cc(OC(F)F)c1. The predicted octanol–water partition coefficient (Wildman–Crippen LogP) is 4.25. The highest BCUT2D eigenvalue weighted by atomic mass is 19.3. The monoisotopic (exact) mass is 462 g/mol. The van der Waals surface area contributed by atoms with Crippen molar-refractivity contribution < 1.29 is 22.7 Å². The average Bonchev–Trinajstić information content (AvgIpc) is 3.49. The molecule has 1 aromatic carbocycles. The first-order valence-electron chi connectivity index (χ1n) is 11.1. The van der Waals surface area contributed by atoms with Crippen LogP contribution in [0.5, 0.6) is 5.75 Å². The molecular formula is C24H29F3N4O2. The molecule has 9 heteroatoms. The van der Waals surface area contributed by atoms with Crippen LogP contribution in [0.2, 0.25) is 0 Å². The highest BCUT2D eigenvalue weighted by Gasteiger charge is 2.35. The number of carbonyl (C=O) groups is 1. The molecule has 0 bridgehead atoms. The van der Waals surface area contributed by atoms with Gasteiger partial charge in [0, 0.05) is 48.2 Å². The Kier molecular flexibility index (Phi) is 6.26. The summed E-state index contributed by atoms with van der Waals surface area (Å²) in [5.74, 6) is -0.834. The maximum absolute atomic E-state index is 14.4. The molecule has 2 heterocycles. The third kappa shape index (κ3) is 5.24. The standard InChI is InChI=1S/C24H29F3N4O2/c1-13(15-4-5-15)30-22(32)19-11-29-14(2)20(21(19)31-7-6-24(3,28)12-31)16-8-17(25)10-18(9-16)33-23(26)27/h8-11,13,15,23H,4-7,12,28H2,1-3H3,(H,30,32)/t13-,24-/m0/s1. The van der Waals surface area contributed by atoms with Gasteiger partial charge < -0.3 is 20.7 Å². The number of rotatable bonds is 7. The molecule has 4 rings (SSSR count). The van der Waals surface area contributed by atoms with Gasteiger partial charge in [0.2, 0.25) is 0 Å². The van der Waals surface area contributed by atoms with E-state index in [4.69, 9.17) is 5.73 Å². The number of aryl methyl sites for hydroxylation is 1. The number of hydrogen-bond donors (Lipinski definition) is 2. The lowest BCUT2D eigenvalue weighted by Crippen LogP contribution is -2.40. The molecular weight excluding hydrogens is 433 g/mol. The number of halogens is 3. The fraction of sp³-hybridized carbons (Fsp3) is 0.500. The summed E-state index contributed by atoms with van der Waals surface area (Å²) in [5.41, 5.74) is 8.17. The normalized spacial score (nSPS) is 21.4. The van der Waals surface area contributed by atoms with Gasteiger partial charge in [-0.2, -0.15) is 8.78 Å². The molecule has 2 aromatic rings. The quantitative estimate of drug-likeness (QED) is 0.643. The second-order valence-electron chi connectivity index (χ2n) is 9.46. The molecule has 33 heavy (non-hydrogen) atoms. The van der Waals surface area contributed by atoms with E-state index in [9.17, 15) is 18.0 Å². The summed E-state index contributed by atoms with van der Waals surface area (Å²) in [7, 11) is 0. The van der Waals surface area contributed by atoms with Crippen LogP contribution in [0.1, 0.15) is 49.2 Å². The van der Waals surface area contributed by atoms with Crippen molar-refractivity contribution >= 4 is 11.6 Å². The molecule has 1 aromatic heterocycles. The van der Waals surface area contributed by atoms with Crippen molar-refractivity contribution in [2.45, 2.75) is 58.2 Å². The number of anilines is 1. The molecule has 1 saturated carbocycles. The average molecular weight is 463 g/mol. The van der Waals surface area contributed by atoms with Gasteiger partial charge in [0.1, 0.15) is 11.6 Å². The number of aromatic nitrogens is 1. The third-order valence-electron chi connectivity index (χ3n) is 6.38. The molecule has 0 spiro atoms. The number of alkyl halides is 2. The fourth-order valence-electron chi connectivity index (χ4n) is 4.49. The molecule has 1 amide bonds. The second-order valence-corrected chi connectivity index (χ2v) is 9.46. The lowest BCUT2D eigenvalue weighted by molar-refractivity contribution is -0.0499. The van der Waals surface area contributed by atoms with E-state index in [1.165, 1.54) is 18.3 Å². The van der Waals surface area contributed by atoms with E-state index in [1.54, 1.807) is 6.92 Å². The van der Waals surface area contributed by atoms with Gasteiger partial charge in [0.05, 0.1) is 11.3 Å². The maximum Gasteiger partial charge on any atom is 0.387 e. The molecule has 0 unspecified atom stereocenters. The Bertz CT molecular complexity index is 1060. The minimum Gasteiger partial charge on any atom is -0.435 e. The van der Waals surface area contributed by atoms with Crippen LogP contribution in [0.4, 0.5) is 18.9 Å². The van der Waals surface area contributed by atoms with Crippen LogP contribution < -0.4 is 20.7 Å². The molecule has 2 aliphatic rings. The molecule has 1 saturated heterocycles. The van der Waals surface area contributed by atoms with E-state index in [0.717, 1.165) is 18.9 Å². The Morgan fingerprint density at radius 3 is 2.67 bits per heavy atom. The molecule has 2 fully saturated rings. The predicted molar refractivity (Wildman–Crippen MR) is 120 cm³/mol. The van der Waals surface area contributed by atoms with Crippen molar-refractivity contribution in [3.05, 3.63) is 41.5 Å². The first kappa shape index (κ1) is 23.4. The largest absolute Gasteiger partial charge is 0.435 e. The zero-order valence-electron chi connectivity index (χ0n) is 19.0. The lowest BCUT2D eigenvalue weighted by Gasteiger charge is -2.28. The van der Waals surface area contributed by atoms with Crippen LogP contribution >= 0.6 is 0 Å². The molecule has 1 aliphatic carbocycles. The van der Waals surface area contributed by atoms with Gasteiger partial charge in [0.15, 0.2) is 0 Å². The van der Waals surface area contributed by atoms with E-state index in [-0.39, 0.29) is 17.7 Å². The Morgan fingerprint density at radius 2 is 2.06 bits per heavy atom. The molecule has 3 N–H and O–H groups in total. The lowest BCUT2D eigenvalue weighted by atomic mass is 9.97. The smallest absolute Gasteiger partial charge is 0.387 e. The Morgan fingerprint density at radius 1 is 1.33 bits per heavy atom. The number of pyridine rings is 1. The van der Waals surface area contributed by atoms with E-state index in [1.807, 2.05) is 18.7 Å². The second kappa shape index (κ2) is 8.85. The van der Waals surface area contributed by atoms with Gasteiger partial charge in [-0.05, 0) is 63.6 Å². The van der Waals surface area contributed by atoms with Crippen molar-refractivity contribution in [1.82, 2.24) is 10.3 Å². The minimum atomic E-state index is -3.09. The van der Waals surface area contributed by atoms with E-state index < -0.39 is 18.0 Å². The minimum absolute atomic E-state index is 0.0219.